The third-order valence-corrected chi connectivity index (χ3v) is 5.51. The highest BCUT2D eigenvalue weighted by Gasteiger charge is 2.29. The minimum Gasteiger partial charge on any atom is -0.399 e. The van der Waals surface area contributed by atoms with Crippen LogP contribution in [0.2, 0.25) is 0 Å². The summed E-state index contributed by atoms with van der Waals surface area (Å²) in [7, 11) is -3.10. The van der Waals surface area contributed by atoms with E-state index >= 15 is 0 Å². The lowest BCUT2D eigenvalue weighted by molar-refractivity contribution is 0.560. The average molecular weight is 321 g/mol. The Balaban J connectivity index is 2.81. The first-order chi connectivity index (χ1) is 7.63. The van der Waals surface area contributed by atoms with Gasteiger partial charge in [0, 0.05) is 28.6 Å². The molecule has 0 aliphatic carbocycles. The highest BCUT2D eigenvalue weighted by atomic mass is 79.9. The lowest BCUT2D eigenvalue weighted by atomic mass is 10.2. The average Bonchev–Trinajstić information content (AvgIpc) is 2.14. The second-order valence-corrected chi connectivity index (χ2v) is 8.13. The summed E-state index contributed by atoms with van der Waals surface area (Å²) in [6.07, 6.45) is 1.24. The molecular weight excluding hydrogens is 304 g/mol. The van der Waals surface area contributed by atoms with Crippen LogP contribution in [0.4, 0.5) is 11.4 Å². The molecule has 0 atom stereocenters. The van der Waals surface area contributed by atoms with Crippen LogP contribution in [0.15, 0.2) is 22.7 Å². The predicted octanol–water partition coefficient (Wildman–Crippen LogP) is 2.27. The molecule has 1 aromatic rings. The SMILES string of the molecule is CC(C)(CNc1ccc(N)cc1Br)S(C)(=O)=O. The molecule has 96 valence electrons. The maximum atomic E-state index is 11.5. The normalized spacial score (nSPS) is 12.5. The van der Waals surface area contributed by atoms with Gasteiger partial charge in [0.1, 0.15) is 0 Å². The van der Waals surface area contributed by atoms with Crippen LogP contribution in [0, 0.1) is 0 Å². The van der Waals surface area contributed by atoms with Gasteiger partial charge in [0.05, 0.1) is 4.75 Å². The largest absolute Gasteiger partial charge is 0.399 e. The molecule has 6 heteroatoms. The molecule has 17 heavy (non-hydrogen) atoms. The van der Waals surface area contributed by atoms with E-state index in [1.807, 2.05) is 6.07 Å². The van der Waals surface area contributed by atoms with E-state index < -0.39 is 14.6 Å². The van der Waals surface area contributed by atoms with E-state index in [4.69, 9.17) is 5.73 Å². The number of hydrogen-bond donors (Lipinski definition) is 2. The lowest BCUT2D eigenvalue weighted by Crippen LogP contribution is -2.38. The minimum atomic E-state index is -3.10. The molecule has 0 saturated heterocycles. The molecule has 0 radical (unpaired) electrons. The number of benzene rings is 1. The Bertz CT molecular complexity index is 512. The molecule has 0 unspecified atom stereocenters. The molecule has 1 aromatic carbocycles. The Kier molecular flexibility index (Phi) is 4.09. The topological polar surface area (TPSA) is 72.2 Å². The standard InChI is InChI=1S/C11H17BrN2O2S/c1-11(2,17(3,15)16)7-14-10-5-4-8(13)6-9(10)12/h4-6,14H,7,13H2,1-3H3. The molecule has 0 spiro atoms. The van der Waals surface area contributed by atoms with Crippen LogP contribution in [-0.4, -0.2) is 26.0 Å². The van der Waals surface area contributed by atoms with Crippen LogP contribution in [0.3, 0.4) is 0 Å². The van der Waals surface area contributed by atoms with Crippen LogP contribution in [0.1, 0.15) is 13.8 Å². The van der Waals surface area contributed by atoms with Gasteiger partial charge in [-0.05, 0) is 48.0 Å². The summed E-state index contributed by atoms with van der Waals surface area (Å²) in [5, 5.41) is 3.11. The fraction of sp³-hybridized carbons (Fsp3) is 0.455. The summed E-state index contributed by atoms with van der Waals surface area (Å²) in [5.74, 6) is 0. The molecule has 0 fully saturated rings. The van der Waals surface area contributed by atoms with Crippen LogP contribution in [0.25, 0.3) is 0 Å². The van der Waals surface area contributed by atoms with Crippen molar-refractivity contribution in [3.8, 4) is 0 Å². The second-order valence-electron chi connectivity index (χ2n) is 4.62. The Hall–Kier alpha value is -0.750. The van der Waals surface area contributed by atoms with Gasteiger partial charge in [-0.25, -0.2) is 8.42 Å². The number of nitrogens with two attached hydrogens (primary N) is 1. The summed E-state index contributed by atoms with van der Waals surface area (Å²) in [6, 6.07) is 5.36. The van der Waals surface area contributed by atoms with E-state index in [9.17, 15) is 8.42 Å². The van der Waals surface area contributed by atoms with Crippen molar-refractivity contribution >= 4 is 37.1 Å². The molecule has 4 nitrogen and oxygen atoms in total. The number of sulfone groups is 1. The summed E-state index contributed by atoms with van der Waals surface area (Å²) in [6.45, 7) is 3.73. The zero-order valence-corrected chi connectivity index (χ0v) is 12.5. The van der Waals surface area contributed by atoms with Crippen molar-refractivity contribution in [2.24, 2.45) is 0 Å². The monoisotopic (exact) mass is 320 g/mol. The number of nitrogens with one attached hydrogen (secondary N) is 1. The molecule has 0 amide bonds. The number of halogens is 1. The molecule has 1 rings (SSSR count). The lowest BCUT2D eigenvalue weighted by Gasteiger charge is -2.23. The van der Waals surface area contributed by atoms with Gasteiger partial charge in [0.15, 0.2) is 9.84 Å². The summed E-state index contributed by atoms with van der Waals surface area (Å²) < 4.78 is 23.1. The van der Waals surface area contributed by atoms with E-state index in [0.29, 0.717) is 12.2 Å². The van der Waals surface area contributed by atoms with Crippen molar-refractivity contribution in [3.63, 3.8) is 0 Å². The summed E-state index contributed by atoms with van der Waals surface area (Å²) in [5.41, 5.74) is 7.11. The van der Waals surface area contributed by atoms with E-state index in [2.05, 4.69) is 21.2 Å². The smallest absolute Gasteiger partial charge is 0.154 e. The van der Waals surface area contributed by atoms with E-state index in [-0.39, 0.29) is 0 Å². The van der Waals surface area contributed by atoms with Gasteiger partial charge in [-0.3, -0.25) is 0 Å². The number of rotatable bonds is 4. The van der Waals surface area contributed by atoms with Gasteiger partial charge < -0.3 is 11.1 Å². The summed E-state index contributed by atoms with van der Waals surface area (Å²) in [4.78, 5) is 0. The third kappa shape index (κ3) is 3.61. The molecule has 0 aliphatic heterocycles. The molecule has 0 aromatic heterocycles. The van der Waals surface area contributed by atoms with Gasteiger partial charge in [-0.15, -0.1) is 0 Å². The van der Waals surface area contributed by atoms with E-state index in [1.165, 1.54) is 6.26 Å². The van der Waals surface area contributed by atoms with Crippen LogP contribution < -0.4 is 11.1 Å². The van der Waals surface area contributed by atoms with Crippen molar-refractivity contribution in [2.45, 2.75) is 18.6 Å². The Labute approximate surface area is 111 Å². The minimum absolute atomic E-state index is 0.342. The maximum Gasteiger partial charge on any atom is 0.154 e. The van der Waals surface area contributed by atoms with Gasteiger partial charge >= 0.3 is 0 Å². The highest BCUT2D eigenvalue weighted by Crippen LogP contribution is 2.26. The van der Waals surface area contributed by atoms with Gasteiger partial charge in [0.2, 0.25) is 0 Å². The third-order valence-electron chi connectivity index (χ3n) is 2.70. The Morgan fingerprint density at radius 2 is 2.00 bits per heavy atom. The number of nitrogen functional groups attached to an aromatic ring is 1. The fourth-order valence-corrected chi connectivity index (χ4v) is 1.98. The first kappa shape index (κ1) is 14.3. The molecule has 3 N–H and O–H groups in total. The first-order valence-corrected chi connectivity index (χ1v) is 7.80. The first-order valence-electron chi connectivity index (χ1n) is 5.12. The predicted molar refractivity (Wildman–Crippen MR) is 76.0 cm³/mol. The highest BCUT2D eigenvalue weighted by molar-refractivity contribution is 9.10. The number of hydrogen-bond acceptors (Lipinski definition) is 4. The van der Waals surface area contributed by atoms with E-state index in [0.717, 1.165) is 10.2 Å². The molecular formula is C11H17BrN2O2S. The zero-order valence-electron chi connectivity index (χ0n) is 10.1. The zero-order chi connectivity index (χ0) is 13.3. The Morgan fingerprint density at radius 1 is 1.41 bits per heavy atom. The van der Waals surface area contributed by atoms with Crippen molar-refractivity contribution < 1.29 is 8.42 Å². The van der Waals surface area contributed by atoms with E-state index in [1.54, 1.807) is 26.0 Å². The van der Waals surface area contributed by atoms with Gasteiger partial charge in [-0.2, -0.15) is 0 Å². The molecule has 0 aliphatic rings. The van der Waals surface area contributed by atoms with Crippen molar-refractivity contribution in [3.05, 3.63) is 22.7 Å². The van der Waals surface area contributed by atoms with Crippen molar-refractivity contribution in [2.75, 3.05) is 23.9 Å². The number of anilines is 2. The molecule has 0 bridgehead atoms. The van der Waals surface area contributed by atoms with Crippen molar-refractivity contribution in [1.82, 2.24) is 0 Å². The van der Waals surface area contributed by atoms with Gasteiger partial charge in [0.25, 0.3) is 0 Å². The molecule has 0 saturated carbocycles. The molecule has 0 heterocycles. The van der Waals surface area contributed by atoms with Gasteiger partial charge in [-0.1, -0.05) is 0 Å². The Morgan fingerprint density at radius 3 is 2.47 bits per heavy atom. The van der Waals surface area contributed by atoms with Crippen LogP contribution >= 0.6 is 15.9 Å². The van der Waals surface area contributed by atoms with Crippen LogP contribution in [0.5, 0.6) is 0 Å². The van der Waals surface area contributed by atoms with Crippen LogP contribution in [-0.2, 0) is 9.84 Å². The maximum absolute atomic E-state index is 11.5. The van der Waals surface area contributed by atoms with Crippen molar-refractivity contribution in [1.29, 1.82) is 0 Å². The summed E-state index contributed by atoms with van der Waals surface area (Å²) >= 11 is 3.37. The quantitative estimate of drug-likeness (QED) is 0.835. The second kappa shape index (κ2) is 4.86. The fourth-order valence-electron chi connectivity index (χ4n) is 1.11.